The molecule has 1 saturated heterocycles. The number of hydrogen-bond acceptors (Lipinski definition) is 2. The maximum absolute atomic E-state index is 12.2. The molecule has 0 atom stereocenters. The van der Waals surface area contributed by atoms with Gasteiger partial charge >= 0.3 is 0 Å². The maximum Gasteiger partial charge on any atom is 0.222 e. The van der Waals surface area contributed by atoms with Gasteiger partial charge in [-0.15, -0.1) is 12.4 Å². The standard InChI is InChI=1S/C16H30N2O.ClH/c17-12-7-2-1-4-8-15(19)18-13-11-16(14-18)9-5-3-6-10-16;/h1-14,17H2;1H. The minimum Gasteiger partial charge on any atom is -0.342 e. The minimum absolute atomic E-state index is 0. The molecule has 0 radical (unpaired) electrons. The van der Waals surface area contributed by atoms with Crippen LogP contribution in [0, 0.1) is 5.41 Å². The van der Waals surface area contributed by atoms with Crippen molar-refractivity contribution in [3.8, 4) is 0 Å². The van der Waals surface area contributed by atoms with Gasteiger partial charge in [0.05, 0.1) is 0 Å². The fraction of sp³-hybridized carbons (Fsp3) is 0.938. The smallest absolute Gasteiger partial charge is 0.222 e. The Kier molecular flexibility index (Phi) is 7.90. The van der Waals surface area contributed by atoms with E-state index in [0.29, 0.717) is 11.3 Å². The lowest BCUT2D eigenvalue weighted by Gasteiger charge is -2.33. The summed E-state index contributed by atoms with van der Waals surface area (Å²) < 4.78 is 0. The van der Waals surface area contributed by atoms with E-state index in [1.54, 1.807) is 0 Å². The van der Waals surface area contributed by atoms with Gasteiger partial charge in [-0.1, -0.05) is 32.1 Å². The van der Waals surface area contributed by atoms with E-state index in [-0.39, 0.29) is 12.4 Å². The predicted molar refractivity (Wildman–Crippen MR) is 86.1 cm³/mol. The van der Waals surface area contributed by atoms with E-state index in [9.17, 15) is 4.79 Å². The largest absolute Gasteiger partial charge is 0.342 e. The van der Waals surface area contributed by atoms with Crippen LogP contribution < -0.4 is 5.73 Å². The first-order chi connectivity index (χ1) is 9.26. The van der Waals surface area contributed by atoms with Crippen molar-refractivity contribution in [2.45, 2.75) is 70.6 Å². The SMILES string of the molecule is Cl.NCCCCCCC(=O)N1CCC2(CCCCC2)C1. The monoisotopic (exact) mass is 302 g/mol. The van der Waals surface area contributed by atoms with Crippen molar-refractivity contribution in [1.82, 2.24) is 4.90 Å². The number of carbonyl (C=O) groups is 1. The minimum atomic E-state index is 0. The Morgan fingerprint density at radius 3 is 2.40 bits per heavy atom. The highest BCUT2D eigenvalue weighted by atomic mass is 35.5. The zero-order chi connectivity index (χ0) is 13.6. The van der Waals surface area contributed by atoms with E-state index in [1.165, 1.54) is 44.9 Å². The molecular formula is C16H31ClN2O. The Balaban J connectivity index is 0.00000200. The van der Waals surface area contributed by atoms with Gasteiger partial charge in [-0.25, -0.2) is 0 Å². The molecule has 1 heterocycles. The Labute approximate surface area is 130 Å². The summed E-state index contributed by atoms with van der Waals surface area (Å²) in [6, 6.07) is 0. The molecule has 2 rings (SSSR count). The second kappa shape index (κ2) is 8.89. The quantitative estimate of drug-likeness (QED) is 0.763. The molecule has 1 saturated carbocycles. The number of likely N-dealkylation sites (tertiary alicyclic amines) is 1. The van der Waals surface area contributed by atoms with Gasteiger partial charge in [0.2, 0.25) is 5.91 Å². The second-order valence-electron chi connectivity index (χ2n) is 6.58. The Bertz CT molecular complexity index is 290. The van der Waals surface area contributed by atoms with E-state index in [1.807, 2.05) is 0 Å². The highest BCUT2D eigenvalue weighted by Crippen LogP contribution is 2.43. The van der Waals surface area contributed by atoms with Crippen LogP contribution in [0.3, 0.4) is 0 Å². The number of nitrogens with zero attached hydrogens (tertiary/aromatic N) is 1. The molecule has 1 spiro atoms. The van der Waals surface area contributed by atoms with Gasteiger partial charge in [-0.3, -0.25) is 4.79 Å². The summed E-state index contributed by atoms with van der Waals surface area (Å²) >= 11 is 0. The molecule has 2 fully saturated rings. The van der Waals surface area contributed by atoms with E-state index >= 15 is 0 Å². The second-order valence-corrected chi connectivity index (χ2v) is 6.58. The van der Waals surface area contributed by atoms with Gasteiger partial charge in [-0.2, -0.15) is 0 Å². The van der Waals surface area contributed by atoms with Crippen molar-refractivity contribution in [2.24, 2.45) is 11.1 Å². The zero-order valence-corrected chi connectivity index (χ0v) is 13.6. The van der Waals surface area contributed by atoms with Gasteiger partial charge in [0, 0.05) is 19.5 Å². The molecule has 0 unspecified atom stereocenters. The van der Waals surface area contributed by atoms with Gasteiger partial charge in [0.25, 0.3) is 0 Å². The maximum atomic E-state index is 12.2. The van der Waals surface area contributed by atoms with Crippen LogP contribution in [0.4, 0.5) is 0 Å². The van der Waals surface area contributed by atoms with Crippen molar-refractivity contribution in [1.29, 1.82) is 0 Å². The predicted octanol–water partition coefficient (Wildman–Crippen LogP) is 3.50. The lowest BCUT2D eigenvalue weighted by molar-refractivity contribution is -0.130. The summed E-state index contributed by atoms with van der Waals surface area (Å²) in [5.41, 5.74) is 5.98. The third-order valence-electron chi connectivity index (χ3n) is 5.05. The molecule has 20 heavy (non-hydrogen) atoms. The third-order valence-corrected chi connectivity index (χ3v) is 5.05. The molecule has 0 aromatic carbocycles. The molecule has 0 aromatic rings. The summed E-state index contributed by atoms with van der Waals surface area (Å²) in [6.07, 6.45) is 13.3. The first-order valence-corrected chi connectivity index (χ1v) is 8.24. The first-order valence-electron chi connectivity index (χ1n) is 8.24. The van der Waals surface area contributed by atoms with Crippen molar-refractivity contribution in [2.75, 3.05) is 19.6 Å². The topological polar surface area (TPSA) is 46.3 Å². The summed E-state index contributed by atoms with van der Waals surface area (Å²) in [4.78, 5) is 14.4. The van der Waals surface area contributed by atoms with E-state index in [2.05, 4.69) is 4.90 Å². The normalized spacial score (nSPS) is 20.9. The molecule has 0 bridgehead atoms. The third kappa shape index (κ3) is 4.92. The van der Waals surface area contributed by atoms with Crippen LogP contribution in [-0.2, 0) is 4.79 Å². The number of halogens is 1. The van der Waals surface area contributed by atoms with Gasteiger partial charge in [-0.05, 0) is 44.1 Å². The molecule has 1 amide bonds. The molecule has 4 heteroatoms. The van der Waals surface area contributed by atoms with E-state index < -0.39 is 0 Å². The summed E-state index contributed by atoms with van der Waals surface area (Å²) in [6.45, 7) is 2.85. The molecular weight excluding hydrogens is 272 g/mol. The van der Waals surface area contributed by atoms with Crippen LogP contribution in [-0.4, -0.2) is 30.4 Å². The molecule has 0 aromatic heterocycles. The van der Waals surface area contributed by atoms with Crippen molar-refractivity contribution in [3.05, 3.63) is 0 Å². The average Bonchev–Trinajstić information content (AvgIpc) is 2.83. The number of amides is 1. The van der Waals surface area contributed by atoms with Gasteiger partial charge < -0.3 is 10.6 Å². The van der Waals surface area contributed by atoms with Crippen molar-refractivity contribution >= 4 is 18.3 Å². The number of hydrogen-bond donors (Lipinski definition) is 1. The molecule has 118 valence electrons. The van der Waals surface area contributed by atoms with Crippen LogP contribution in [0.15, 0.2) is 0 Å². The molecule has 2 aliphatic rings. The van der Waals surface area contributed by atoms with Crippen LogP contribution in [0.5, 0.6) is 0 Å². The van der Waals surface area contributed by atoms with Crippen LogP contribution in [0.25, 0.3) is 0 Å². The summed E-state index contributed by atoms with van der Waals surface area (Å²) in [5.74, 6) is 0.398. The first kappa shape index (κ1) is 17.8. The zero-order valence-electron chi connectivity index (χ0n) is 12.7. The summed E-state index contributed by atoms with van der Waals surface area (Å²) in [7, 11) is 0. The molecule has 3 nitrogen and oxygen atoms in total. The molecule has 2 N–H and O–H groups in total. The van der Waals surface area contributed by atoms with Crippen LogP contribution in [0.1, 0.15) is 70.6 Å². The van der Waals surface area contributed by atoms with E-state index in [0.717, 1.165) is 45.3 Å². The fourth-order valence-electron chi connectivity index (χ4n) is 3.79. The number of carbonyl (C=O) groups excluding carboxylic acids is 1. The van der Waals surface area contributed by atoms with E-state index in [4.69, 9.17) is 5.73 Å². The average molecular weight is 303 g/mol. The highest BCUT2D eigenvalue weighted by Gasteiger charge is 2.39. The Hall–Kier alpha value is -0.280. The van der Waals surface area contributed by atoms with Crippen molar-refractivity contribution < 1.29 is 4.79 Å². The Morgan fingerprint density at radius 1 is 1.00 bits per heavy atom. The van der Waals surface area contributed by atoms with Crippen LogP contribution in [0.2, 0.25) is 0 Å². The van der Waals surface area contributed by atoms with Gasteiger partial charge in [0.15, 0.2) is 0 Å². The number of nitrogens with two attached hydrogens (primary N) is 1. The Morgan fingerprint density at radius 2 is 1.70 bits per heavy atom. The highest BCUT2D eigenvalue weighted by molar-refractivity contribution is 5.85. The van der Waals surface area contributed by atoms with Gasteiger partial charge in [0.1, 0.15) is 0 Å². The van der Waals surface area contributed by atoms with Crippen molar-refractivity contribution in [3.63, 3.8) is 0 Å². The fourth-order valence-corrected chi connectivity index (χ4v) is 3.79. The number of unbranched alkanes of at least 4 members (excludes halogenated alkanes) is 3. The summed E-state index contributed by atoms with van der Waals surface area (Å²) in [5, 5.41) is 0. The molecule has 1 aliphatic carbocycles. The lowest BCUT2D eigenvalue weighted by atomic mass is 9.73. The lowest BCUT2D eigenvalue weighted by Crippen LogP contribution is -2.33. The number of rotatable bonds is 6. The van der Waals surface area contributed by atoms with Crippen LogP contribution >= 0.6 is 12.4 Å². The molecule has 1 aliphatic heterocycles.